The molecule has 0 saturated carbocycles. The first kappa shape index (κ1) is 23.4. The fraction of sp³-hybridized carbons (Fsp3) is 0.364. The number of carbonyl (C=O) groups is 2. The molecule has 0 fully saturated rings. The van der Waals surface area contributed by atoms with Gasteiger partial charge < -0.3 is 25.3 Å². The molecule has 2 amide bonds. The minimum Gasteiger partial charge on any atom is -0.465 e. The highest BCUT2D eigenvalue weighted by Gasteiger charge is 2.50. The van der Waals surface area contributed by atoms with Crippen molar-refractivity contribution in [2.24, 2.45) is 0 Å². The van der Waals surface area contributed by atoms with Crippen molar-refractivity contribution < 1.29 is 24.2 Å². The quantitative estimate of drug-likeness (QED) is 0.458. The standard InChI is InChI=1S/C22H30N2O5Si/c1-22(2,3)30(18-10-6-4-7-11-18,19-12-8-5-9-13-19)29-16-17(24-21(27)28)14-15-23-20(25)26/h4-13,17,23-24H,14-16H2,1-3H3,(H,25,26)(H,27,28). The molecule has 2 rings (SSSR count). The molecule has 7 nitrogen and oxygen atoms in total. The highest BCUT2D eigenvalue weighted by atomic mass is 28.4. The molecular formula is C22H30N2O5Si. The molecule has 30 heavy (non-hydrogen) atoms. The molecule has 162 valence electrons. The zero-order valence-electron chi connectivity index (χ0n) is 17.6. The van der Waals surface area contributed by atoms with Gasteiger partial charge in [0.25, 0.3) is 8.32 Å². The fourth-order valence-corrected chi connectivity index (χ4v) is 8.32. The van der Waals surface area contributed by atoms with Crippen LogP contribution in [0.2, 0.25) is 5.04 Å². The molecular weight excluding hydrogens is 400 g/mol. The molecule has 0 bridgehead atoms. The average Bonchev–Trinajstić information content (AvgIpc) is 2.68. The van der Waals surface area contributed by atoms with E-state index in [4.69, 9.17) is 9.53 Å². The van der Waals surface area contributed by atoms with Gasteiger partial charge in [0.05, 0.1) is 12.6 Å². The highest BCUT2D eigenvalue weighted by molar-refractivity contribution is 6.99. The molecule has 8 heteroatoms. The molecule has 0 heterocycles. The SMILES string of the molecule is CC(C)(C)[Si](OCC(CCNC(=O)O)NC(=O)O)(c1ccccc1)c1ccccc1. The first-order chi connectivity index (χ1) is 14.2. The van der Waals surface area contributed by atoms with Gasteiger partial charge in [0, 0.05) is 6.54 Å². The number of hydrogen-bond acceptors (Lipinski definition) is 3. The minimum atomic E-state index is -2.79. The van der Waals surface area contributed by atoms with Crippen molar-refractivity contribution in [3.63, 3.8) is 0 Å². The van der Waals surface area contributed by atoms with Crippen LogP contribution >= 0.6 is 0 Å². The summed E-state index contributed by atoms with van der Waals surface area (Å²) in [6.07, 6.45) is -2.02. The van der Waals surface area contributed by atoms with Crippen LogP contribution in [0.15, 0.2) is 60.7 Å². The molecule has 0 saturated heterocycles. The van der Waals surface area contributed by atoms with E-state index in [9.17, 15) is 14.7 Å². The molecule has 0 radical (unpaired) electrons. The van der Waals surface area contributed by atoms with E-state index in [2.05, 4.69) is 55.7 Å². The lowest BCUT2D eigenvalue weighted by Gasteiger charge is -2.43. The van der Waals surface area contributed by atoms with Crippen LogP contribution in [0.3, 0.4) is 0 Å². The summed E-state index contributed by atoms with van der Waals surface area (Å²) in [4.78, 5) is 22.0. The third-order valence-electron chi connectivity index (χ3n) is 5.01. The highest BCUT2D eigenvalue weighted by Crippen LogP contribution is 2.36. The Morgan fingerprint density at radius 1 is 0.933 bits per heavy atom. The summed E-state index contributed by atoms with van der Waals surface area (Å²) in [7, 11) is -2.79. The van der Waals surface area contributed by atoms with Crippen LogP contribution < -0.4 is 21.0 Å². The largest absolute Gasteiger partial charge is 0.465 e. The summed E-state index contributed by atoms with van der Waals surface area (Å²) in [5.74, 6) is 0. The van der Waals surface area contributed by atoms with Gasteiger partial charge in [-0.05, 0) is 21.8 Å². The third kappa shape index (κ3) is 5.84. The maximum Gasteiger partial charge on any atom is 0.404 e. The number of benzene rings is 2. The lowest BCUT2D eigenvalue weighted by Crippen LogP contribution is -2.67. The van der Waals surface area contributed by atoms with Gasteiger partial charge in [-0.2, -0.15) is 0 Å². The molecule has 0 aromatic heterocycles. The zero-order valence-corrected chi connectivity index (χ0v) is 18.6. The van der Waals surface area contributed by atoms with Gasteiger partial charge in [0.1, 0.15) is 0 Å². The predicted octanol–water partition coefficient (Wildman–Crippen LogP) is 2.86. The zero-order chi connectivity index (χ0) is 22.2. The van der Waals surface area contributed by atoms with Crippen molar-refractivity contribution in [3.05, 3.63) is 60.7 Å². The van der Waals surface area contributed by atoms with Crippen molar-refractivity contribution in [2.75, 3.05) is 13.2 Å². The van der Waals surface area contributed by atoms with Crippen LogP contribution in [0.4, 0.5) is 9.59 Å². The van der Waals surface area contributed by atoms with Gasteiger partial charge in [-0.1, -0.05) is 81.4 Å². The van der Waals surface area contributed by atoms with Crippen LogP contribution in [0.5, 0.6) is 0 Å². The monoisotopic (exact) mass is 430 g/mol. The molecule has 0 aliphatic heterocycles. The van der Waals surface area contributed by atoms with Crippen LogP contribution in [0, 0.1) is 0 Å². The first-order valence-electron chi connectivity index (χ1n) is 9.88. The summed E-state index contributed by atoms with van der Waals surface area (Å²) in [5.41, 5.74) is 0. The summed E-state index contributed by atoms with van der Waals surface area (Å²) in [6, 6.07) is 19.6. The molecule has 1 atom stereocenters. The van der Waals surface area contributed by atoms with E-state index in [0.29, 0.717) is 0 Å². The summed E-state index contributed by atoms with van der Waals surface area (Å²) in [6.45, 7) is 6.70. The molecule has 1 unspecified atom stereocenters. The summed E-state index contributed by atoms with van der Waals surface area (Å²) in [5, 5.41) is 24.7. The van der Waals surface area contributed by atoms with E-state index in [1.165, 1.54) is 0 Å². The van der Waals surface area contributed by atoms with Gasteiger partial charge in [0.15, 0.2) is 0 Å². The second-order valence-electron chi connectivity index (χ2n) is 8.14. The van der Waals surface area contributed by atoms with E-state index in [-0.39, 0.29) is 24.6 Å². The van der Waals surface area contributed by atoms with E-state index in [1.807, 2.05) is 36.4 Å². The van der Waals surface area contributed by atoms with Gasteiger partial charge in [-0.3, -0.25) is 0 Å². The Bertz CT molecular complexity index is 785. The molecule has 2 aromatic carbocycles. The Kier molecular flexibility index (Phi) is 8.02. The maximum atomic E-state index is 11.3. The van der Waals surface area contributed by atoms with Crippen LogP contribution in [-0.4, -0.2) is 49.9 Å². The first-order valence-corrected chi connectivity index (χ1v) is 11.8. The van der Waals surface area contributed by atoms with Gasteiger partial charge >= 0.3 is 12.2 Å². The van der Waals surface area contributed by atoms with Crippen molar-refractivity contribution in [2.45, 2.75) is 38.3 Å². The second kappa shape index (κ2) is 10.3. The Hall–Kier alpha value is -2.84. The van der Waals surface area contributed by atoms with Crippen LogP contribution in [0.25, 0.3) is 0 Å². The van der Waals surface area contributed by atoms with Crippen molar-refractivity contribution in [3.8, 4) is 0 Å². The second-order valence-corrected chi connectivity index (χ2v) is 12.4. The summed E-state index contributed by atoms with van der Waals surface area (Å²) < 4.78 is 6.72. The van der Waals surface area contributed by atoms with Gasteiger partial charge in [0.2, 0.25) is 0 Å². The number of nitrogens with one attached hydrogen (secondary N) is 2. The smallest absolute Gasteiger partial charge is 0.404 e. The Balaban J connectivity index is 2.41. The Labute approximate surface area is 178 Å². The molecule has 0 spiro atoms. The van der Waals surface area contributed by atoms with Crippen LogP contribution in [-0.2, 0) is 4.43 Å². The maximum absolute atomic E-state index is 11.3. The lowest BCUT2D eigenvalue weighted by atomic mass is 10.2. The fourth-order valence-electron chi connectivity index (χ4n) is 3.71. The van der Waals surface area contributed by atoms with Gasteiger partial charge in [-0.15, -0.1) is 0 Å². The third-order valence-corrected chi connectivity index (χ3v) is 10.0. The van der Waals surface area contributed by atoms with Gasteiger partial charge in [-0.25, -0.2) is 9.59 Å². The topological polar surface area (TPSA) is 108 Å². The normalized spacial score (nSPS) is 12.8. The molecule has 0 aliphatic carbocycles. The van der Waals surface area contributed by atoms with Crippen molar-refractivity contribution >= 4 is 30.9 Å². The number of rotatable bonds is 9. The van der Waals surface area contributed by atoms with E-state index >= 15 is 0 Å². The predicted molar refractivity (Wildman–Crippen MR) is 119 cm³/mol. The lowest BCUT2D eigenvalue weighted by molar-refractivity contribution is 0.176. The van der Waals surface area contributed by atoms with Crippen LogP contribution in [0.1, 0.15) is 27.2 Å². The Morgan fingerprint density at radius 2 is 1.43 bits per heavy atom. The number of amides is 2. The van der Waals surface area contributed by atoms with Crippen molar-refractivity contribution in [1.82, 2.24) is 10.6 Å². The molecule has 2 aromatic rings. The molecule has 0 aliphatic rings. The van der Waals surface area contributed by atoms with Crippen molar-refractivity contribution in [1.29, 1.82) is 0 Å². The van der Waals surface area contributed by atoms with E-state index in [0.717, 1.165) is 10.4 Å². The Morgan fingerprint density at radius 3 is 1.83 bits per heavy atom. The number of carboxylic acid groups (broad SMARTS) is 2. The average molecular weight is 431 g/mol. The minimum absolute atomic E-state index is 0.129. The van der Waals surface area contributed by atoms with E-state index < -0.39 is 26.5 Å². The molecule has 4 N–H and O–H groups in total. The number of hydrogen-bond donors (Lipinski definition) is 4. The van der Waals surface area contributed by atoms with E-state index in [1.54, 1.807) is 0 Å². The summed E-state index contributed by atoms with van der Waals surface area (Å²) >= 11 is 0.